The van der Waals surface area contributed by atoms with Crippen LogP contribution >= 0.6 is 22.6 Å². The Morgan fingerprint density at radius 2 is 1.88 bits per heavy atom. The number of hydrogen-bond acceptors (Lipinski definition) is 1. The molecule has 0 saturated carbocycles. The van der Waals surface area contributed by atoms with Crippen molar-refractivity contribution in [2.24, 2.45) is 0 Å². The van der Waals surface area contributed by atoms with Gasteiger partial charge in [-0.15, -0.1) is 0 Å². The minimum absolute atomic E-state index is 0.881. The zero-order chi connectivity index (χ0) is 12.3. The largest absolute Gasteiger partial charge is 0.381 e. The van der Waals surface area contributed by atoms with E-state index in [9.17, 15) is 0 Å². The molecular formula is C15H16IN. The number of benzene rings is 2. The highest BCUT2D eigenvalue weighted by molar-refractivity contribution is 14.1. The zero-order valence-corrected chi connectivity index (χ0v) is 12.3. The molecule has 1 nitrogen and oxygen atoms in total. The molecule has 0 radical (unpaired) electrons. The van der Waals surface area contributed by atoms with Crippen LogP contribution in [0.3, 0.4) is 0 Å². The molecular weight excluding hydrogens is 321 g/mol. The van der Waals surface area contributed by atoms with Crippen LogP contribution in [-0.2, 0) is 6.54 Å². The second kappa shape index (κ2) is 5.54. The summed E-state index contributed by atoms with van der Waals surface area (Å²) < 4.78 is 1.26. The van der Waals surface area contributed by atoms with Gasteiger partial charge in [0.15, 0.2) is 0 Å². The molecule has 0 saturated heterocycles. The Morgan fingerprint density at radius 3 is 2.59 bits per heavy atom. The molecule has 0 aromatic heterocycles. The zero-order valence-electron chi connectivity index (χ0n) is 10.1. The SMILES string of the molecule is Cc1ccc(CNc2cccc(I)c2)c(C)c1. The molecule has 2 aromatic carbocycles. The van der Waals surface area contributed by atoms with Gasteiger partial charge >= 0.3 is 0 Å². The summed E-state index contributed by atoms with van der Waals surface area (Å²) in [6, 6.07) is 15.0. The van der Waals surface area contributed by atoms with Crippen molar-refractivity contribution in [3.05, 3.63) is 62.7 Å². The molecule has 2 aromatic rings. The van der Waals surface area contributed by atoms with E-state index in [0.29, 0.717) is 0 Å². The summed E-state index contributed by atoms with van der Waals surface area (Å²) >= 11 is 2.33. The maximum absolute atomic E-state index is 3.46. The lowest BCUT2D eigenvalue weighted by Gasteiger charge is -2.10. The second-order valence-electron chi connectivity index (χ2n) is 4.29. The number of halogens is 1. The quantitative estimate of drug-likeness (QED) is 0.812. The Hall–Kier alpha value is -1.03. The van der Waals surface area contributed by atoms with Gasteiger partial charge < -0.3 is 5.32 Å². The average molecular weight is 337 g/mol. The van der Waals surface area contributed by atoms with Gasteiger partial charge in [0.1, 0.15) is 0 Å². The fourth-order valence-corrected chi connectivity index (χ4v) is 2.38. The molecule has 1 N–H and O–H groups in total. The van der Waals surface area contributed by atoms with E-state index in [1.54, 1.807) is 0 Å². The summed E-state index contributed by atoms with van der Waals surface area (Å²) in [4.78, 5) is 0. The van der Waals surface area contributed by atoms with Crippen molar-refractivity contribution in [3.63, 3.8) is 0 Å². The summed E-state index contributed by atoms with van der Waals surface area (Å²) in [6.45, 7) is 5.18. The van der Waals surface area contributed by atoms with Gasteiger partial charge in [-0.1, -0.05) is 29.8 Å². The van der Waals surface area contributed by atoms with Crippen LogP contribution in [0.5, 0.6) is 0 Å². The van der Waals surface area contributed by atoms with Crippen molar-refractivity contribution in [2.75, 3.05) is 5.32 Å². The molecule has 2 rings (SSSR count). The smallest absolute Gasteiger partial charge is 0.0403 e. The first-order chi connectivity index (χ1) is 8.15. The standard InChI is InChI=1S/C15H16IN/c1-11-6-7-13(12(2)8-11)10-17-15-5-3-4-14(16)9-15/h3-9,17H,10H2,1-2H3. The summed E-state index contributed by atoms with van der Waals surface area (Å²) in [5, 5.41) is 3.46. The summed E-state index contributed by atoms with van der Waals surface area (Å²) in [5.74, 6) is 0. The first-order valence-electron chi connectivity index (χ1n) is 5.71. The predicted molar refractivity (Wildman–Crippen MR) is 82.4 cm³/mol. The van der Waals surface area contributed by atoms with Crippen LogP contribution in [0, 0.1) is 17.4 Å². The lowest BCUT2D eigenvalue weighted by molar-refractivity contribution is 1.11. The second-order valence-corrected chi connectivity index (χ2v) is 5.54. The Bertz CT molecular complexity index is 520. The first kappa shape index (κ1) is 12.4. The molecule has 0 bridgehead atoms. The predicted octanol–water partition coefficient (Wildman–Crippen LogP) is 4.52. The van der Waals surface area contributed by atoms with Crippen LogP contribution < -0.4 is 5.32 Å². The highest BCUT2D eigenvalue weighted by atomic mass is 127. The summed E-state index contributed by atoms with van der Waals surface area (Å²) in [7, 11) is 0. The maximum atomic E-state index is 3.46. The van der Waals surface area contributed by atoms with E-state index >= 15 is 0 Å². The molecule has 0 aliphatic carbocycles. The van der Waals surface area contributed by atoms with Crippen molar-refractivity contribution >= 4 is 28.3 Å². The van der Waals surface area contributed by atoms with Gasteiger partial charge in [-0.2, -0.15) is 0 Å². The molecule has 0 heterocycles. The van der Waals surface area contributed by atoms with Gasteiger partial charge in [0.05, 0.1) is 0 Å². The number of anilines is 1. The van der Waals surface area contributed by atoms with Gasteiger partial charge in [-0.05, 0) is 65.8 Å². The molecule has 88 valence electrons. The fraction of sp³-hybridized carbons (Fsp3) is 0.200. The minimum Gasteiger partial charge on any atom is -0.381 e. The minimum atomic E-state index is 0.881. The van der Waals surface area contributed by atoms with E-state index in [1.165, 1.54) is 25.9 Å². The van der Waals surface area contributed by atoms with E-state index in [2.05, 4.69) is 84.2 Å². The highest BCUT2D eigenvalue weighted by Crippen LogP contribution is 2.15. The molecule has 17 heavy (non-hydrogen) atoms. The number of nitrogens with one attached hydrogen (secondary N) is 1. The number of hydrogen-bond donors (Lipinski definition) is 1. The highest BCUT2D eigenvalue weighted by Gasteiger charge is 1.99. The van der Waals surface area contributed by atoms with E-state index in [4.69, 9.17) is 0 Å². The Kier molecular flexibility index (Phi) is 4.05. The third-order valence-corrected chi connectivity index (χ3v) is 3.48. The molecule has 0 atom stereocenters. The Balaban J connectivity index is 2.07. The lowest BCUT2D eigenvalue weighted by atomic mass is 10.1. The molecule has 0 aliphatic rings. The van der Waals surface area contributed by atoms with Gasteiger partial charge in [0.2, 0.25) is 0 Å². The van der Waals surface area contributed by atoms with Gasteiger partial charge in [0.25, 0.3) is 0 Å². The lowest BCUT2D eigenvalue weighted by Crippen LogP contribution is -2.01. The normalized spacial score (nSPS) is 10.3. The average Bonchev–Trinajstić information content (AvgIpc) is 2.28. The molecule has 0 unspecified atom stereocenters. The van der Waals surface area contributed by atoms with E-state index in [0.717, 1.165) is 6.54 Å². The molecule has 0 aliphatic heterocycles. The van der Waals surface area contributed by atoms with E-state index in [1.807, 2.05) is 0 Å². The summed E-state index contributed by atoms with van der Waals surface area (Å²) in [5.41, 5.74) is 5.20. The Labute approximate surface area is 116 Å². The van der Waals surface area contributed by atoms with Crippen LogP contribution in [0.2, 0.25) is 0 Å². The van der Waals surface area contributed by atoms with Crippen LogP contribution in [0.25, 0.3) is 0 Å². The third kappa shape index (κ3) is 3.46. The van der Waals surface area contributed by atoms with Crippen LogP contribution in [0.15, 0.2) is 42.5 Å². The Morgan fingerprint density at radius 1 is 1.06 bits per heavy atom. The van der Waals surface area contributed by atoms with E-state index in [-0.39, 0.29) is 0 Å². The molecule has 0 amide bonds. The summed E-state index contributed by atoms with van der Waals surface area (Å²) in [6.07, 6.45) is 0. The topological polar surface area (TPSA) is 12.0 Å². The van der Waals surface area contributed by atoms with Gasteiger partial charge in [0, 0.05) is 15.8 Å². The van der Waals surface area contributed by atoms with Crippen molar-refractivity contribution < 1.29 is 0 Å². The van der Waals surface area contributed by atoms with Crippen LogP contribution in [0.4, 0.5) is 5.69 Å². The molecule has 0 spiro atoms. The van der Waals surface area contributed by atoms with Crippen LogP contribution in [0.1, 0.15) is 16.7 Å². The van der Waals surface area contributed by atoms with Crippen LogP contribution in [-0.4, -0.2) is 0 Å². The third-order valence-electron chi connectivity index (χ3n) is 2.81. The first-order valence-corrected chi connectivity index (χ1v) is 6.78. The van der Waals surface area contributed by atoms with Crippen molar-refractivity contribution in [1.82, 2.24) is 0 Å². The van der Waals surface area contributed by atoms with Crippen molar-refractivity contribution in [2.45, 2.75) is 20.4 Å². The fourth-order valence-electron chi connectivity index (χ4n) is 1.84. The number of rotatable bonds is 3. The molecule has 2 heteroatoms. The van der Waals surface area contributed by atoms with E-state index < -0.39 is 0 Å². The monoisotopic (exact) mass is 337 g/mol. The van der Waals surface area contributed by atoms with Gasteiger partial charge in [-0.3, -0.25) is 0 Å². The number of aryl methyl sites for hydroxylation is 2. The maximum Gasteiger partial charge on any atom is 0.0403 e. The van der Waals surface area contributed by atoms with Gasteiger partial charge in [-0.25, -0.2) is 0 Å². The molecule has 0 fully saturated rings. The van der Waals surface area contributed by atoms with Crippen molar-refractivity contribution in [1.29, 1.82) is 0 Å². The van der Waals surface area contributed by atoms with Crippen molar-refractivity contribution in [3.8, 4) is 0 Å².